The van der Waals surface area contributed by atoms with E-state index in [1.807, 2.05) is 6.92 Å². The molecule has 2 atom stereocenters. The van der Waals surface area contributed by atoms with E-state index in [1.165, 1.54) is 22.6 Å². The molecule has 1 unspecified atom stereocenters. The summed E-state index contributed by atoms with van der Waals surface area (Å²) in [7, 11) is 2.08. The SMILES string of the molecule is C[C@H](c1nnc(-c2ccc([N+](=O)[O-])cc2)o1)[NH+](C)Cc1ccsc1. The van der Waals surface area contributed by atoms with Gasteiger partial charge in [-0.3, -0.25) is 10.1 Å². The number of hydrogen-bond donors (Lipinski definition) is 1. The predicted octanol–water partition coefficient (Wildman–Crippen LogP) is 2.48. The summed E-state index contributed by atoms with van der Waals surface area (Å²) < 4.78 is 5.76. The second kappa shape index (κ2) is 6.90. The molecule has 2 heterocycles. The van der Waals surface area contributed by atoms with Crippen LogP contribution in [0.3, 0.4) is 0 Å². The first-order chi connectivity index (χ1) is 11.5. The fourth-order valence-electron chi connectivity index (χ4n) is 2.33. The molecule has 0 aliphatic rings. The number of nitrogens with zero attached hydrogens (tertiary/aromatic N) is 3. The van der Waals surface area contributed by atoms with E-state index in [2.05, 4.69) is 34.1 Å². The Morgan fingerprint density at radius 2 is 2.04 bits per heavy atom. The standard InChI is InChI=1S/C16H16N4O3S/c1-11(19(2)9-12-7-8-24-10-12)15-17-18-16(23-15)13-3-5-14(6-4-13)20(21)22/h3-8,10-11H,9H2,1-2H3/p+1/t11-/m1/s1. The van der Waals surface area contributed by atoms with Crippen LogP contribution in [0.1, 0.15) is 24.4 Å². The summed E-state index contributed by atoms with van der Waals surface area (Å²) in [5, 5.41) is 23.1. The summed E-state index contributed by atoms with van der Waals surface area (Å²) in [5.41, 5.74) is 1.98. The zero-order valence-electron chi connectivity index (χ0n) is 13.3. The van der Waals surface area contributed by atoms with Gasteiger partial charge in [-0.15, -0.1) is 10.2 Å². The molecule has 7 nitrogen and oxygen atoms in total. The summed E-state index contributed by atoms with van der Waals surface area (Å²) in [5.74, 6) is 0.922. The van der Waals surface area contributed by atoms with Crippen molar-refractivity contribution in [1.82, 2.24) is 10.2 Å². The summed E-state index contributed by atoms with van der Waals surface area (Å²) in [6.07, 6.45) is 0. The van der Waals surface area contributed by atoms with Crippen LogP contribution < -0.4 is 4.90 Å². The molecule has 0 amide bonds. The number of rotatable bonds is 6. The molecule has 1 aromatic carbocycles. The Balaban J connectivity index is 1.73. The van der Waals surface area contributed by atoms with Gasteiger partial charge in [0.1, 0.15) is 6.54 Å². The molecule has 0 saturated carbocycles. The molecule has 0 radical (unpaired) electrons. The van der Waals surface area contributed by atoms with Crippen LogP contribution in [0.2, 0.25) is 0 Å². The van der Waals surface area contributed by atoms with E-state index < -0.39 is 4.92 Å². The van der Waals surface area contributed by atoms with Crippen LogP contribution in [0.5, 0.6) is 0 Å². The highest BCUT2D eigenvalue weighted by atomic mass is 32.1. The Labute approximate surface area is 142 Å². The molecule has 0 saturated heterocycles. The molecule has 0 aliphatic heterocycles. The molecule has 1 N–H and O–H groups in total. The number of non-ortho nitro benzene ring substituents is 1. The lowest BCUT2D eigenvalue weighted by atomic mass is 10.2. The minimum absolute atomic E-state index is 0.0341. The van der Waals surface area contributed by atoms with Crippen molar-refractivity contribution >= 4 is 17.0 Å². The molecule has 24 heavy (non-hydrogen) atoms. The van der Waals surface area contributed by atoms with Crippen LogP contribution in [-0.4, -0.2) is 22.2 Å². The highest BCUT2D eigenvalue weighted by molar-refractivity contribution is 7.07. The van der Waals surface area contributed by atoms with Gasteiger partial charge in [-0.1, -0.05) is 0 Å². The van der Waals surface area contributed by atoms with E-state index >= 15 is 0 Å². The Morgan fingerprint density at radius 1 is 1.29 bits per heavy atom. The van der Waals surface area contributed by atoms with Gasteiger partial charge in [0.2, 0.25) is 5.89 Å². The summed E-state index contributed by atoms with van der Waals surface area (Å²) in [4.78, 5) is 11.5. The van der Waals surface area contributed by atoms with Gasteiger partial charge in [-0.2, -0.15) is 11.3 Å². The average molecular weight is 345 g/mol. The van der Waals surface area contributed by atoms with Crippen molar-refractivity contribution in [3.05, 3.63) is 62.7 Å². The van der Waals surface area contributed by atoms with Crippen molar-refractivity contribution in [3.63, 3.8) is 0 Å². The molecule has 2 aromatic heterocycles. The molecule has 3 rings (SSSR count). The molecule has 8 heteroatoms. The van der Waals surface area contributed by atoms with Gasteiger partial charge < -0.3 is 9.32 Å². The number of nitro groups is 1. The maximum atomic E-state index is 10.7. The van der Waals surface area contributed by atoms with Crippen LogP contribution in [-0.2, 0) is 6.54 Å². The molecular weight excluding hydrogens is 328 g/mol. The molecule has 0 bridgehead atoms. The topological polar surface area (TPSA) is 86.5 Å². The molecule has 0 fully saturated rings. The van der Waals surface area contributed by atoms with Crippen LogP contribution in [0.15, 0.2) is 45.5 Å². The van der Waals surface area contributed by atoms with Crippen LogP contribution in [0.25, 0.3) is 11.5 Å². The van der Waals surface area contributed by atoms with Crippen molar-refractivity contribution in [2.45, 2.75) is 19.5 Å². The van der Waals surface area contributed by atoms with Crippen LogP contribution >= 0.6 is 11.3 Å². The number of nitrogens with one attached hydrogen (secondary N) is 1. The van der Waals surface area contributed by atoms with Crippen molar-refractivity contribution in [1.29, 1.82) is 0 Å². The van der Waals surface area contributed by atoms with E-state index in [0.29, 0.717) is 17.3 Å². The van der Waals surface area contributed by atoms with E-state index in [0.717, 1.165) is 6.54 Å². The van der Waals surface area contributed by atoms with Crippen molar-refractivity contribution < 1.29 is 14.2 Å². The molecule has 0 spiro atoms. The number of nitro benzene ring substituents is 1. The van der Waals surface area contributed by atoms with Gasteiger partial charge in [0.25, 0.3) is 11.6 Å². The van der Waals surface area contributed by atoms with Gasteiger partial charge in [0, 0.05) is 23.3 Å². The molecular formula is C16H17N4O3S+. The van der Waals surface area contributed by atoms with E-state index in [-0.39, 0.29) is 11.7 Å². The summed E-state index contributed by atoms with van der Waals surface area (Å²) in [6, 6.07) is 8.23. The lowest BCUT2D eigenvalue weighted by Gasteiger charge is -2.18. The minimum atomic E-state index is -0.437. The van der Waals surface area contributed by atoms with E-state index in [9.17, 15) is 10.1 Å². The zero-order valence-corrected chi connectivity index (χ0v) is 14.1. The predicted molar refractivity (Wildman–Crippen MR) is 89.7 cm³/mol. The largest absolute Gasteiger partial charge is 0.415 e. The lowest BCUT2D eigenvalue weighted by Crippen LogP contribution is -3.07. The van der Waals surface area contributed by atoms with E-state index in [4.69, 9.17) is 4.42 Å². The van der Waals surface area contributed by atoms with Gasteiger partial charge in [-0.25, -0.2) is 0 Å². The lowest BCUT2D eigenvalue weighted by molar-refractivity contribution is -0.925. The van der Waals surface area contributed by atoms with Gasteiger partial charge in [0.15, 0.2) is 6.04 Å². The monoisotopic (exact) mass is 345 g/mol. The van der Waals surface area contributed by atoms with E-state index in [1.54, 1.807) is 23.5 Å². The minimum Gasteiger partial charge on any atom is -0.415 e. The third kappa shape index (κ3) is 3.50. The third-order valence-corrected chi connectivity index (χ3v) is 4.67. The van der Waals surface area contributed by atoms with Crippen molar-refractivity contribution in [3.8, 4) is 11.5 Å². The normalized spacial score (nSPS) is 13.6. The molecule has 3 aromatic rings. The quantitative estimate of drug-likeness (QED) is 0.548. The number of quaternary nitrogens is 1. The summed E-state index contributed by atoms with van der Waals surface area (Å²) >= 11 is 1.68. The van der Waals surface area contributed by atoms with Crippen LogP contribution in [0, 0.1) is 10.1 Å². The molecule has 124 valence electrons. The fraction of sp³-hybridized carbons (Fsp3) is 0.250. The zero-order chi connectivity index (χ0) is 17.1. The second-order valence-corrected chi connectivity index (χ2v) is 6.41. The van der Waals surface area contributed by atoms with Crippen molar-refractivity contribution in [2.75, 3.05) is 7.05 Å². The molecule has 0 aliphatic carbocycles. The first-order valence-corrected chi connectivity index (χ1v) is 8.40. The maximum absolute atomic E-state index is 10.7. The Bertz CT molecular complexity index is 814. The first-order valence-electron chi connectivity index (χ1n) is 7.46. The Morgan fingerprint density at radius 3 is 2.67 bits per heavy atom. The average Bonchev–Trinajstić information content (AvgIpc) is 3.26. The second-order valence-electron chi connectivity index (χ2n) is 5.63. The Hall–Kier alpha value is -2.58. The summed E-state index contributed by atoms with van der Waals surface area (Å²) in [6.45, 7) is 2.91. The van der Waals surface area contributed by atoms with Gasteiger partial charge in [-0.05, 0) is 35.9 Å². The van der Waals surface area contributed by atoms with Crippen molar-refractivity contribution in [2.24, 2.45) is 0 Å². The number of aromatic nitrogens is 2. The highest BCUT2D eigenvalue weighted by Crippen LogP contribution is 2.22. The first kappa shape index (κ1) is 16.3. The van der Waals surface area contributed by atoms with Gasteiger partial charge >= 0.3 is 0 Å². The van der Waals surface area contributed by atoms with Gasteiger partial charge in [0.05, 0.1) is 12.0 Å². The number of thiophene rings is 1. The fourth-order valence-corrected chi connectivity index (χ4v) is 3.00. The Kier molecular flexibility index (Phi) is 4.68. The number of hydrogen-bond acceptors (Lipinski definition) is 6. The maximum Gasteiger partial charge on any atom is 0.274 e. The highest BCUT2D eigenvalue weighted by Gasteiger charge is 2.23. The third-order valence-electron chi connectivity index (χ3n) is 3.94. The number of benzene rings is 1. The smallest absolute Gasteiger partial charge is 0.274 e. The van der Waals surface area contributed by atoms with Crippen LogP contribution in [0.4, 0.5) is 5.69 Å².